The van der Waals surface area contributed by atoms with Crippen molar-refractivity contribution in [1.82, 2.24) is 14.7 Å². The van der Waals surface area contributed by atoms with Gasteiger partial charge in [-0.25, -0.2) is 0 Å². The zero-order chi connectivity index (χ0) is 31.2. The highest BCUT2D eigenvalue weighted by Gasteiger charge is 2.73. The van der Waals surface area contributed by atoms with Crippen molar-refractivity contribution in [3.05, 3.63) is 64.1 Å². The van der Waals surface area contributed by atoms with Gasteiger partial charge in [-0.1, -0.05) is 6.07 Å². The number of nitrogens with one attached hydrogen (secondary N) is 1. The predicted molar refractivity (Wildman–Crippen MR) is 168 cm³/mol. The van der Waals surface area contributed by atoms with Gasteiger partial charge in [-0.3, -0.25) is 23.3 Å². The molecule has 1 amide bonds. The number of aromatic nitrogens is 1. The molecule has 3 fully saturated rings. The zero-order valence-electron chi connectivity index (χ0n) is 25.7. The number of benzene rings is 1. The Bertz CT molecular complexity index is 1680. The Morgan fingerprint density at radius 1 is 1.20 bits per heavy atom. The monoisotopic (exact) mass is 616 g/mol. The van der Waals surface area contributed by atoms with Crippen LogP contribution in [-0.4, -0.2) is 75.5 Å². The summed E-state index contributed by atoms with van der Waals surface area (Å²) in [6, 6.07) is 6.52. The van der Waals surface area contributed by atoms with Gasteiger partial charge in [-0.2, -0.15) is 0 Å². The number of aliphatic imine (C=N–C) groups is 1. The number of allylic oxidation sites excluding steroid dienone is 2. The molecule has 2 bridgehead atoms. The standard InChI is InChI=1S/C34H39BF2N4O4/c1-19-15-20(2)38-26(19)17-24-7-6-23(41(24)35(36)37)8-10-29(43)39-25-11-12-34(44)28-16-22-5-9-27(42)31-30(22)33(34,32(25)45-31)13-14-40(28)18-21-3-4-21/h5-7,9,15,17,21,25,28,32,42,44H,3-4,8,10-14,16,18H2,1-2H3,(H,39,43)/b26-17-/t25?,28-,32+,33+,34-/m1/s1. The molecule has 2 aromatic rings. The second-order valence-corrected chi connectivity index (χ2v) is 14.0. The summed E-state index contributed by atoms with van der Waals surface area (Å²) >= 11 is 0. The third kappa shape index (κ3) is 4.36. The van der Waals surface area contributed by atoms with Gasteiger partial charge in [0.25, 0.3) is 0 Å². The van der Waals surface area contributed by atoms with E-state index in [0.29, 0.717) is 54.4 Å². The van der Waals surface area contributed by atoms with Gasteiger partial charge in [0.05, 0.1) is 22.8 Å². The number of carbonyl (C=O) groups excluding carboxylic acids is 1. The van der Waals surface area contributed by atoms with Crippen molar-refractivity contribution in [3.8, 4) is 11.5 Å². The number of carbonyl (C=O) groups is 1. The topological polar surface area (TPSA) is 99.3 Å². The predicted octanol–water partition coefficient (Wildman–Crippen LogP) is 4.41. The first-order chi connectivity index (χ1) is 21.6. The lowest BCUT2D eigenvalue weighted by Crippen LogP contribution is -2.78. The van der Waals surface area contributed by atoms with Gasteiger partial charge in [0.2, 0.25) is 5.91 Å². The highest BCUT2D eigenvalue weighted by Crippen LogP contribution is 2.65. The molecule has 3 aliphatic heterocycles. The zero-order valence-corrected chi connectivity index (χ0v) is 25.7. The lowest BCUT2D eigenvalue weighted by molar-refractivity contribution is -0.192. The molecule has 6 aliphatic rings. The second kappa shape index (κ2) is 10.3. The molecule has 1 aromatic heterocycles. The third-order valence-corrected chi connectivity index (χ3v) is 11.4. The van der Waals surface area contributed by atoms with Crippen LogP contribution in [0.15, 0.2) is 46.6 Å². The van der Waals surface area contributed by atoms with Gasteiger partial charge >= 0.3 is 7.40 Å². The Balaban J connectivity index is 1.03. The Labute approximate surface area is 262 Å². The Hall–Kier alpha value is -3.44. The minimum Gasteiger partial charge on any atom is -0.504 e. The molecule has 1 spiro atoms. The molecule has 3 N–H and O–H groups in total. The number of halogens is 2. The molecule has 11 heteroatoms. The van der Waals surface area contributed by atoms with Crippen LogP contribution in [0.5, 0.6) is 11.5 Å². The summed E-state index contributed by atoms with van der Waals surface area (Å²) in [6.45, 7) is 5.60. The molecule has 5 atom stereocenters. The maximum absolute atomic E-state index is 14.2. The van der Waals surface area contributed by atoms with Crippen molar-refractivity contribution in [2.75, 3.05) is 13.1 Å². The average Bonchev–Trinajstić information content (AvgIpc) is 3.46. The van der Waals surface area contributed by atoms with Gasteiger partial charge in [-0.05, 0) is 113 Å². The molecule has 1 aromatic carbocycles. The van der Waals surface area contributed by atoms with E-state index in [1.165, 1.54) is 12.8 Å². The molecule has 3 aliphatic carbocycles. The first kappa shape index (κ1) is 29.0. The van der Waals surface area contributed by atoms with E-state index in [4.69, 9.17) is 4.74 Å². The number of aromatic hydroxyl groups is 1. The van der Waals surface area contributed by atoms with E-state index in [1.807, 2.05) is 26.0 Å². The van der Waals surface area contributed by atoms with E-state index in [9.17, 15) is 23.6 Å². The maximum Gasteiger partial charge on any atom is 0.677 e. The molecule has 8 nitrogen and oxygen atoms in total. The number of hydrogen-bond acceptors (Lipinski definition) is 6. The van der Waals surface area contributed by atoms with Crippen LogP contribution in [0.2, 0.25) is 0 Å². The first-order valence-electron chi connectivity index (χ1n) is 16.3. The molecule has 2 saturated carbocycles. The lowest BCUT2D eigenvalue weighted by Gasteiger charge is -2.64. The van der Waals surface area contributed by atoms with Crippen molar-refractivity contribution < 1.29 is 28.4 Å². The Morgan fingerprint density at radius 2 is 2.02 bits per heavy atom. The van der Waals surface area contributed by atoms with Crippen molar-refractivity contribution in [3.63, 3.8) is 0 Å². The number of phenols is 1. The average molecular weight is 617 g/mol. The molecule has 8 rings (SSSR count). The summed E-state index contributed by atoms with van der Waals surface area (Å²) < 4.78 is 36.0. The number of phenolic OH excluding ortho intramolecular Hbond substituents is 1. The molecular weight excluding hydrogens is 577 g/mol. The fourth-order valence-corrected chi connectivity index (χ4v) is 9.20. The van der Waals surface area contributed by atoms with Crippen LogP contribution in [0, 0.1) is 5.92 Å². The van der Waals surface area contributed by atoms with Crippen molar-refractivity contribution in [2.24, 2.45) is 10.9 Å². The van der Waals surface area contributed by atoms with Crippen molar-refractivity contribution >= 4 is 25.1 Å². The SMILES string of the molecule is CC1=CC(C)=N/C1=C\c1ccc(CCC(=O)NC2CC[C@@]3(O)[C@H]4Cc5ccc(O)c6c5[C@@]3(CCN4CC3CC3)[C@H]2O6)n1B(F)F. The number of amides is 1. The summed E-state index contributed by atoms with van der Waals surface area (Å²) in [7, 11) is -2.76. The molecule has 1 unspecified atom stereocenters. The molecular formula is C34H39BF2N4O4. The number of ether oxygens (including phenoxy) is 1. The van der Waals surface area contributed by atoms with E-state index in [0.717, 1.165) is 40.0 Å². The van der Waals surface area contributed by atoms with E-state index < -0.39 is 24.5 Å². The number of hydrogen-bond donors (Lipinski definition) is 3. The summed E-state index contributed by atoms with van der Waals surface area (Å²) in [5.41, 5.74) is 3.40. The molecule has 1 saturated heterocycles. The van der Waals surface area contributed by atoms with Crippen LogP contribution in [-0.2, 0) is 23.1 Å². The fourth-order valence-electron chi connectivity index (χ4n) is 9.20. The summed E-state index contributed by atoms with van der Waals surface area (Å²) in [5.74, 6) is 0.952. The van der Waals surface area contributed by atoms with Crippen molar-refractivity contribution in [2.45, 2.75) is 94.4 Å². The van der Waals surface area contributed by atoms with E-state index in [2.05, 4.69) is 15.2 Å². The number of aliphatic hydroxyl groups is 1. The van der Waals surface area contributed by atoms with Crippen LogP contribution in [0.3, 0.4) is 0 Å². The molecule has 45 heavy (non-hydrogen) atoms. The Morgan fingerprint density at radius 3 is 2.76 bits per heavy atom. The quantitative estimate of drug-likeness (QED) is 0.382. The van der Waals surface area contributed by atoms with E-state index in [-0.39, 0.29) is 36.6 Å². The van der Waals surface area contributed by atoms with Gasteiger partial charge < -0.3 is 24.7 Å². The van der Waals surface area contributed by atoms with E-state index >= 15 is 0 Å². The highest BCUT2D eigenvalue weighted by atomic mass is 19.2. The van der Waals surface area contributed by atoms with Gasteiger partial charge in [-0.15, -0.1) is 0 Å². The van der Waals surface area contributed by atoms with Crippen LogP contribution in [0.1, 0.15) is 74.9 Å². The third-order valence-electron chi connectivity index (χ3n) is 11.4. The van der Waals surface area contributed by atoms with Gasteiger partial charge in [0.1, 0.15) is 6.10 Å². The Kier molecular flexibility index (Phi) is 6.63. The van der Waals surface area contributed by atoms with Crippen LogP contribution in [0.25, 0.3) is 6.08 Å². The van der Waals surface area contributed by atoms with Gasteiger partial charge in [0.15, 0.2) is 11.5 Å². The number of likely N-dealkylation sites (tertiary alicyclic amines) is 1. The number of nitrogens with zero attached hydrogens (tertiary/aromatic N) is 3. The highest BCUT2D eigenvalue weighted by molar-refractivity contribution is 6.41. The molecule has 236 valence electrons. The number of rotatable bonds is 8. The smallest absolute Gasteiger partial charge is 0.504 e. The van der Waals surface area contributed by atoms with Gasteiger partial charge in [0, 0.05) is 41.7 Å². The maximum atomic E-state index is 14.2. The van der Waals surface area contributed by atoms with Crippen LogP contribution >= 0.6 is 0 Å². The van der Waals surface area contributed by atoms with Crippen LogP contribution in [0.4, 0.5) is 8.63 Å². The molecule has 0 radical (unpaired) electrons. The van der Waals surface area contributed by atoms with Crippen molar-refractivity contribution in [1.29, 1.82) is 0 Å². The minimum atomic E-state index is -2.76. The largest absolute Gasteiger partial charge is 0.677 e. The molecule has 4 heterocycles. The lowest BCUT2D eigenvalue weighted by atomic mass is 9.48. The normalized spacial score (nSPS) is 32.2. The number of piperidine rings is 1. The summed E-state index contributed by atoms with van der Waals surface area (Å²) in [5, 5.41) is 26.6. The summed E-state index contributed by atoms with van der Waals surface area (Å²) in [6.07, 6.45) is 8.16. The van der Waals surface area contributed by atoms with Crippen LogP contribution < -0.4 is 10.1 Å². The fraction of sp³-hybridized carbons (Fsp3) is 0.529. The summed E-state index contributed by atoms with van der Waals surface area (Å²) in [4.78, 5) is 20.3. The first-order valence-corrected chi connectivity index (χ1v) is 16.3. The van der Waals surface area contributed by atoms with E-state index in [1.54, 1.807) is 24.3 Å². The second-order valence-electron chi connectivity index (χ2n) is 14.0. The minimum absolute atomic E-state index is 0.0324. The number of aryl methyl sites for hydroxylation is 1.